The summed E-state index contributed by atoms with van der Waals surface area (Å²) in [6.07, 6.45) is 8.18. The van der Waals surface area contributed by atoms with Gasteiger partial charge in [-0.2, -0.15) is 0 Å². The summed E-state index contributed by atoms with van der Waals surface area (Å²) in [4.78, 5) is 31.9. The fourth-order valence-electron chi connectivity index (χ4n) is 5.48. The third kappa shape index (κ3) is 9.13. The molecule has 1 amide bonds. The number of nitrogens with zero attached hydrogens (tertiary/aromatic N) is 6. The Labute approximate surface area is 280 Å². The molecule has 0 radical (unpaired) electrons. The third-order valence-electron chi connectivity index (χ3n) is 7.85. The van der Waals surface area contributed by atoms with Crippen LogP contribution in [0.15, 0.2) is 47.1 Å². The van der Waals surface area contributed by atoms with Crippen LogP contribution in [0.5, 0.6) is 0 Å². The molecule has 1 fully saturated rings. The number of thioether (sulfide) groups is 1. The van der Waals surface area contributed by atoms with Crippen LogP contribution >= 0.6 is 23.1 Å². The van der Waals surface area contributed by atoms with Crippen LogP contribution in [0, 0.1) is 6.92 Å². The molecule has 4 aromatic rings. The molecular formula is C34H47N7O3S2. The highest BCUT2D eigenvalue weighted by atomic mass is 32.2. The number of carbonyl (C=O) groups excluding carboxylic acids is 1. The number of amides is 1. The Bertz CT molecular complexity index is 1570. The van der Waals surface area contributed by atoms with E-state index < -0.39 is 5.60 Å². The van der Waals surface area contributed by atoms with E-state index in [9.17, 15) is 4.79 Å². The first-order valence-corrected chi connectivity index (χ1v) is 18.0. The third-order valence-corrected chi connectivity index (χ3v) is 9.73. The highest BCUT2D eigenvalue weighted by Crippen LogP contribution is 2.32. The summed E-state index contributed by atoms with van der Waals surface area (Å²) in [5, 5.41) is 7.85. The monoisotopic (exact) mass is 665 g/mol. The maximum Gasteiger partial charge on any atom is 0.410 e. The van der Waals surface area contributed by atoms with Crippen molar-refractivity contribution in [2.45, 2.75) is 70.6 Å². The van der Waals surface area contributed by atoms with Gasteiger partial charge in [0, 0.05) is 75.5 Å². The maximum absolute atomic E-state index is 12.4. The molecular weight excluding hydrogens is 619 g/mol. The molecule has 0 spiro atoms. The Hall–Kier alpha value is -3.35. The molecule has 1 aliphatic rings. The van der Waals surface area contributed by atoms with Crippen LogP contribution in [0.25, 0.3) is 21.9 Å². The van der Waals surface area contributed by atoms with Crippen LogP contribution in [0.3, 0.4) is 0 Å². The predicted molar refractivity (Wildman–Crippen MR) is 189 cm³/mol. The largest absolute Gasteiger partial charge is 0.444 e. The second-order valence-corrected chi connectivity index (χ2v) is 14.6. The van der Waals surface area contributed by atoms with Crippen molar-refractivity contribution in [3.05, 3.63) is 47.6 Å². The zero-order valence-corrected chi connectivity index (χ0v) is 29.4. The number of unbranched alkanes of at least 4 members (excludes halogenated alkanes) is 3. The number of nitrogens with one attached hydrogen (secondary N) is 1. The summed E-state index contributed by atoms with van der Waals surface area (Å²) < 4.78 is 12.8. The molecule has 0 bridgehead atoms. The molecule has 1 N–H and O–H groups in total. The number of carbonyl (C=O) groups is 1. The number of rotatable bonds is 14. The van der Waals surface area contributed by atoms with Gasteiger partial charge in [-0.15, -0.1) is 23.1 Å². The summed E-state index contributed by atoms with van der Waals surface area (Å²) >= 11 is 3.46. The molecule has 5 rings (SSSR count). The lowest BCUT2D eigenvalue weighted by molar-refractivity contribution is 0.0240. The van der Waals surface area contributed by atoms with E-state index in [2.05, 4.69) is 51.8 Å². The lowest BCUT2D eigenvalue weighted by Crippen LogP contribution is -2.50. The van der Waals surface area contributed by atoms with Crippen molar-refractivity contribution >= 4 is 50.8 Å². The first-order chi connectivity index (χ1) is 22.2. The lowest BCUT2D eigenvalue weighted by atomic mass is 10.1. The summed E-state index contributed by atoms with van der Waals surface area (Å²) in [6, 6.07) is 8.73. The van der Waals surface area contributed by atoms with Gasteiger partial charge in [0.1, 0.15) is 15.5 Å². The number of hydrogen-bond donors (Lipinski definition) is 1. The number of aryl methyl sites for hydroxylation is 1. The SMILES string of the molecule is COCCn1ccnc1-c1nc(SCCCCCCNc2ccc(N3CCN(C(=O)OC(C)(C)C)CC3)c(C)c2)c2ccsc2n1. The highest BCUT2D eigenvalue weighted by Gasteiger charge is 2.26. The molecule has 0 aliphatic carbocycles. The van der Waals surface area contributed by atoms with E-state index >= 15 is 0 Å². The summed E-state index contributed by atoms with van der Waals surface area (Å²) in [5.74, 6) is 2.48. The van der Waals surface area contributed by atoms with E-state index in [1.807, 2.05) is 48.2 Å². The first-order valence-electron chi connectivity index (χ1n) is 16.2. The van der Waals surface area contributed by atoms with Gasteiger partial charge in [0.05, 0.1) is 6.61 Å². The molecule has 0 saturated carbocycles. The quantitative estimate of drug-likeness (QED) is 0.0844. The number of aromatic nitrogens is 4. The van der Waals surface area contributed by atoms with Crippen LogP contribution in [0.4, 0.5) is 16.2 Å². The summed E-state index contributed by atoms with van der Waals surface area (Å²) in [7, 11) is 1.71. The predicted octanol–water partition coefficient (Wildman–Crippen LogP) is 7.33. The summed E-state index contributed by atoms with van der Waals surface area (Å²) in [6.45, 7) is 13.1. The average molecular weight is 666 g/mol. The molecule has 1 saturated heterocycles. The highest BCUT2D eigenvalue weighted by molar-refractivity contribution is 7.99. The van der Waals surface area contributed by atoms with E-state index in [-0.39, 0.29) is 6.09 Å². The first kappa shape index (κ1) is 34.0. The van der Waals surface area contributed by atoms with Gasteiger partial charge >= 0.3 is 6.09 Å². The van der Waals surface area contributed by atoms with Crippen LogP contribution in [-0.4, -0.2) is 88.3 Å². The zero-order valence-electron chi connectivity index (χ0n) is 27.8. The normalized spacial score (nSPS) is 13.8. The van der Waals surface area contributed by atoms with E-state index in [1.54, 1.807) is 24.6 Å². The molecule has 1 aliphatic heterocycles. The lowest BCUT2D eigenvalue weighted by Gasteiger charge is -2.37. The molecule has 0 atom stereocenters. The molecule has 248 valence electrons. The molecule has 3 aromatic heterocycles. The topological polar surface area (TPSA) is 97.6 Å². The Morgan fingerprint density at radius 1 is 1.07 bits per heavy atom. The van der Waals surface area contributed by atoms with Gasteiger partial charge in [0.25, 0.3) is 0 Å². The van der Waals surface area contributed by atoms with Crippen molar-refractivity contribution in [3.63, 3.8) is 0 Å². The molecule has 10 nitrogen and oxygen atoms in total. The number of fused-ring (bicyclic) bond motifs is 1. The fourth-order valence-corrected chi connectivity index (χ4v) is 7.32. The van der Waals surface area contributed by atoms with Gasteiger partial charge in [-0.1, -0.05) is 12.8 Å². The number of thiophene rings is 1. The average Bonchev–Trinajstić information content (AvgIpc) is 3.70. The van der Waals surface area contributed by atoms with Crippen molar-refractivity contribution in [2.75, 3.05) is 62.4 Å². The number of piperazine rings is 1. The van der Waals surface area contributed by atoms with Gasteiger partial charge in [0.2, 0.25) is 0 Å². The van der Waals surface area contributed by atoms with Gasteiger partial charge in [-0.05, 0) is 81.5 Å². The number of benzene rings is 1. The summed E-state index contributed by atoms with van der Waals surface area (Å²) in [5.41, 5.74) is 3.18. The molecule has 1 aromatic carbocycles. The van der Waals surface area contributed by atoms with Crippen molar-refractivity contribution in [3.8, 4) is 11.6 Å². The van der Waals surface area contributed by atoms with E-state index in [0.29, 0.717) is 25.5 Å². The van der Waals surface area contributed by atoms with Crippen molar-refractivity contribution in [1.29, 1.82) is 0 Å². The second-order valence-electron chi connectivity index (χ2n) is 12.6. The van der Waals surface area contributed by atoms with E-state index in [0.717, 1.165) is 71.5 Å². The van der Waals surface area contributed by atoms with Crippen LogP contribution in [0.2, 0.25) is 0 Å². The number of imidazole rings is 1. The maximum atomic E-state index is 12.4. The number of ether oxygens (including phenoxy) is 2. The minimum absolute atomic E-state index is 0.222. The van der Waals surface area contributed by atoms with Gasteiger partial charge in [0.15, 0.2) is 11.6 Å². The standard InChI is InChI=1S/C34H47N7O3S2/c1-25-24-26(10-11-28(25)39-16-18-41(19-17-39)33(42)44-34(2,3)4)35-13-8-6-7-9-22-45-31-27-12-23-46-32(27)38-29(37-31)30-36-14-15-40(30)20-21-43-5/h10-12,14-15,23-24,35H,6-9,13,16-22H2,1-5H3. The smallest absolute Gasteiger partial charge is 0.410 e. The second kappa shape index (κ2) is 16.0. The molecule has 4 heterocycles. The minimum atomic E-state index is -0.468. The Morgan fingerprint density at radius 3 is 2.63 bits per heavy atom. The Kier molecular flexibility index (Phi) is 11.8. The van der Waals surface area contributed by atoms with Crippen molar-refractivity contribution < 1.29 is 14.3 Å². The van der Waals surface area contributed by atoms with Crippen LogP contribution in [-0.2, 0) is 16.0 Å². The van der Waals surface area contributed by atoms with E-state index in [1.165, 1.54) is 24.1 Å². The van der Waals surface area contributed by atoms with Crippen molar-refractivity contribution in [1.82, 2.24) is 24.4 Å². The van der Waals surface area contributed by atoms with Crippen LogP contribution < -0.4 is 10.2 Å². The number of methoxy groups -OCH3 is 1. The molecule has 46 heavy (non-hydrogen) atoms. The Balaban J connectivity index is 1.02. The van der Waals surface area contributed by atoms with Gasteiger partial charge in [-0.25, -0.2) is 19.7 Å². The number of hydrogen-bond acceptors (Lipinski definition) is 10. The van der Waals surface area contributed by atoms with E-state index in [4.69, 9.17) is 19.4 Å². The Morgan fingerprint density at radius 2 is 1.87 bits per heavy atom. The molecule has 12 heteroatoms. The van der Waals surface area contributed by atoms with Gasteiger partial charge < -0.3 is 29.2 Å². The molecule has 0 unspecified atom stereocenters. The van der Waals surface area contributed by atoms with Crippen molar-refractivity contribution in [2.24, 2.45) is 0 Å². The number of anilines is 2. The van der Waals surface area contributed by atoms with Gasteiger partial charge in [-0.3, -0.25) is 0 Å². The fraction of sp³-hybridized carbons (Fsp3) is 0.529. The zero-order chi connectivity index (χ0) is 32.5. The van der Waals surface area contributed by atoms with Crippen LogP contribution in [0.1, 0.15) is 52.0 Å². The minimum Gasteiger partial charge on any atom is -0.444 e.